The summed E-state index contributed by atoms with van der Waals surface area (Å²) in [5.74, 6) is 1.10. The number of piperidine rings is 1. The van der Waals surface area contributed by atoms with E-state index in [2.05, 4.69) is 18.7 Å². The molecule has 29 heavy (non-hydrogen) atoms. The molecule has 7 nitrogen and oxygen atoms in total. The maximum atomic E-state index is 13.5. The maximum Gasteiger partial charge on any atom is 0.324 e. The number of fused-ring (bicyclic) bond motifs is 1. The SMILES string of the molecule is N#C[C@@H]1CC2CC2N1C(=O)[C@@H](N)C12CC3C[C@H](CC(OC(=O)C(N)CS)(C3)C1)C2. The Balaban J connectivity index is 1.39. The van der Waals surface area contributed by atoms with Gasteiger partial charge in [0.15, 0.2) is 0 Å². The fraction of sp³-hybridized carbons (Fsp3) is 0.857. The molecule has 6 unspecified atom stereocenters. The van der Waals surface area contributed by atoms with Crippen molar-refractivity contribution < 1.29 is 14.3 Å². The standard InChI is InChI=1S/C21H30N4O3S/c22-8-14-2-13-3-16(13)25(14)18(26)17(24)20-4-11-1-12(5-20)7-21(6-11,10-20)28-19(27)15(23)9-29/h11-17,29H,1-7,9-10,23-24H2/t11-,12?,13?,14-,15?,16?,17+,20?,21?/m0/s1. The summed E-state index contributed by atoms with van der Waals surface area (Å²) in [7, 11) is 0. The lowest BCUT2D eigenvalue weighted by Gasteiger charge is -2.62. The average Bonchev–Trinajstić information content (AvgIpc) is 3.34. The number of carbonyl (C=O) groups is 2. The fourth-order valence-electron chi connectivity index (χ4n) is 7.41. The van der Waals surface area contributed by atoms with E-state index in [4.69, 9.17) is 16.2 Å². The summed E-state index contributed by atoms with van der Waals surface area (Å²) in [4.78, 5) is 27.7. The molecular weight excluding hydrogens is 388 g/mol. The molecule has 6 rings (SSSR count). The van der Waals surface area contributed by atoms with Crippen LogP contribution in [0.5, 0.6) is 0 Å². The van der Waals surface area contributed by atoms with E-state index in [1.165, 1.54) is 0 Å². The van der Waals surface area contributed by atoms with Crippen molar-refractivity contribution in [3.8, 4) is 6.07 Å². The van der Waals surface area contributed by atoms with Crippen molar-refractivity contribution in [1.82, 2.24) is 4.90 Å². The second-order valence-electron chi connectivity index (χ2n) is 10.4. The van der Waals surface area contributed by atoms with Gasteiger partial charge in [-0.25, -0.2) is 0 Å². The summed E-state index contributed by atoms with van der Waals surface area (Å²) in [6.45, 7) is 0. The molecule has 1 saturated heterocycles. The normalized spacial score (nSPS) is 46.0. The maximum absolute atomic E-state index is 13.5. The molecule has 1 heterocycles. The largest absolute Gasteiger partial charge is 0.458 e. The minimum atomic E-state index is -0.731. The van der Waals surface area contributed by atoms with Crippen LogP contribution in [0.3, 0.4) is 0 Å². The van der Waals surface area contributed by atoms with Gasteiger partial charge in [0.1, 0.15) is 17.7 Å². The summed E-state index contributed by atoms with van der Waals surface area (Å²) in [5, 5.41) is 9.49. The number of nitriles is 1. The predicted octanol–water partition coefficient (Wildman–Crippen LogP) is 0.966. The Morgan fingerprint density at radius 3 is 2.48 bits per heavy atom. The Bertz CT molecular complexity index is 768. The van der Waals surface area contributed by atoms with Crippen molar-refractivity contribution in [2.24, 2.45) is 34.6 Å². The van der Waals surface area contributed by atoms with Gasteiger partial charge in [0, 0.05) is 11.8 Å². The first-order valence-electron chi connectivity index (χ1n) is 10.9. The Kier molecular flexibility index (Phi) is 4.47. The Morgan fingerprint density at radius 2 is 1.86 bits per heavy atom. The molecule has 4 bridgehead atoms. The molecule has 0 spiro atoms. The van der Waals surface area contributed by atoms with Crippen molar-refractivity contribution in [3.05, 3.63) is 0 Å². The van der Waals surface area contributed by atoms with Crippen LogP contribution >= 0.6 is 12.6 Å². The van der Waals surface area contributed by atoms with Crippen molar-refractivity contribution in [2.45, 2.75) is 81.1 Å². The first kappa shape index (κ1) is 19.7. The topological polar surface area (TPSA) is 122 Å². The van der Waals surface area contributed by atoms with Gasteiger partial charge in [-0.3, -0.25) is 9.59 Å². The number of rotatable bonds is 5. The number of thiol groups is 1. The Labute approximate surface area is 176 Å². The van der Waals surface area contributed by atoms with Crippen LogP contribution in [0.1, 0.15) is 51.4 Å². The number of ether oxygens (including phenoxy) is 1. The number of amides is 1. The van der Waals surface area contributed by atoms with E-state index in [0.29, 0.717) is 24.2 Å². The predicted molar refractivity (Wildman–Crippen MR) is 109 cm³/mol. The highest BCUT2D eigenvalue weighted by Crippen LogP contribution is 2.64. The van der Waals surface area contributed by atoms with Crippen LogP contribution in [0.25, 0.3) is 0 Å². The number of hydrogen-bond acceptors (Lipinski definition) is 7. The van der Waals surface area contributed by atoms with E-state index in [1.54, 1.807) is 4.90 Å². The average molecular weight is 419 g/mol. The third-order valence-corrected chi connectivity index (χ3v) is 8.70. The second-order valence-corrected chi connectivity index (χ2v) is 10.7. The number of esters is 1. The molecule has 0 aromatic heterocycles. The first-order chi connectivity index (χ1) is 13.8. The number of hydrogen-bond donors (Lipinski definition) is 3. The van der Waals surface area contributed by atoms with E-state index < -0.39 is 23.7 Å². The van der Waals surface area contributed by atoms with E-state index in [1.807, 2.05) is 0 Å². The first-order valence-corrected chi connectivity index (χ1v) is 11.5. The molecule has 0 aromatic carbocycles. The van der Waals surface area contributed by atoms with Gasteiger partial charge in [0.25, 0.3) is 0 Å². The van der Waals surface area contributed by atoms with Crippen molar-refractivity contribution in [3.63, 3.8) is 0 Å². The lowest BCUT2D eigenvalue weighted by molar-refractivity contribution is -0.206. The van der Waals surface area contributed by atoms with Gasteiger partial charge in [-0.05, 0) is 74.5 Å². The van der Waals surface area contributed by atoms with Crippen molar-refractivity contribution >= 4 is 24.5 Å². The molecule has 1 amide bonds. The highest BCUT2D eigenvalue weighted by Gasteiger charge is 2.64. The minimum absolute atomic E-state index is 0.0722. The monoisotopic (exact) mass is 418 g/mol. The quantitative estimate of drug-likeness (QED) is 0.452. The zero-order chi connectivity index (χ0) is 20.6. The fourth-order valence-corrected chi connectivity index (χ4v) is 7.56. The van der Waals surface area contributed by atoms with Gasteiger partial charge in [-0.2, -0.15) is 17.9 Å². The number of likely N-dealkylation sites (tertiary alicyclic amines) is 1. The molecule has 0 aromatic rings. The van der Waals surface area contributed by atoms with Gasteiger partial charge >= 0.3 is 5.97 Å². The summed E-state index contributed by atoms with van der Waals surface area (Å²) in [5.41, 5.74) is 11.6. The smallest absolute Gasteiger partial charge is 0.324 e. The molecule has 5 aliphatic carbocycles. The molecular formula is C21H30N4O3S. The summed E-state index contributed by atoms with van der Waals surface area (Å²) >= 11 is 4.12. The zero-order valence-corrected chi connectivity index (χ0v) is 17.5. The summed E-state index contributed by atoms with van der Waals surface area (Å²) in [6, 6.07) is 0.786. The van der Waals surface area contributed by atoms with Gasteiger partial charge < -0.3 is 21.1 Å². The van der Waals surface area contributed by atoms with E-state index in [0.717, 1.165) is 44.9 Å². The van der Waals surface area contributed by atoms with Crippen LogP contribution in [0.15, 0.2) is 0 Å². The van der Waals surface area contributed by atoms with Crippen LogP contribution in [0, 0.1) is 34.5 Å². The lowest BCUT2D eigenvalue weighted by atomic mass is 9.46. The van der Waals surface area contributed by atoms with E-state index >= 15 is 0 Å². The Morgan fingerprint density at radius 1 is 1.17 bits per heavy atom. The number of carbonyl (C=O) groups excluding carboxylic acids is 2. The lowest BCUT2D eigenvalue weighted by Crippen LogP contribution is -2.66. The molecule has 8 heteroatoms. The molecule has 0 radical (unpaired) electrons. The molecule has 6 aliphatic rings. The van der Waals surface area contributed by atoms with Crippen LogP contribution in [-0.4, -0.2) is 52.3 Å². The highest BCUT2D eigenvalue weighted by molar-refractivity contribution is 7.80. The minimum Gasteiger partial charge on any atom is -0.458 e. The molecule has 1 aliphatic heterocycles. The highest BCUT2D eigenvalue weighted by atomic mass is 32.1. The van der Waals surface area contributed by atoms with Crippen LogP contribution in [-0.2, 0) is 14.3 Å². The van der Waals surface area contributed by atoms with Crippen LogP contribution in [0.2, 0.25) is 0 Å². The third-order valence-electron chi connectivity index (χ3n) is 8.30. The van der Waals surface area contributed by atoms with Gasteiger partial charge in [-0.1, -0.05) is 0 Å². The Hall–Kier alpha value is -1.30. The van der Waals surface area contributed by atoms with Gasteiger partial charge in [0.05, 0.1) is 12.1 Å². The molecule has 158 valence electrons. The molecule has 6 fully saturated rings. The van der Waals surface area contributed by atoms with E-state index in [-0.39, 0.29) is 29.2 Å². The zero-order valence-electron chi connectivity index (χ0n) is 16.6. The summed E-state index contributed by atoms with van der Waals surface area (Å²) < 4.78 is 6.01. The molecule has 9 atom stereocenters. The molecule has 5 saturated carbocycles. The van der Waals surface area contributed by atoms with Gasteiger partial charge in [-0.15, -0.1) is 0 Å². The number of nitrogens with zero attached hydrogens (tertiary/aromatic N) is 2. The molecule has 4 N–H and O–H groups in total. The number of nitrogens with two attached hydrogens (primary N) is 2. The van der Waals surface area contributed by atoms with E-state index in [9.17, 15) is 14.9 Å². The van der Waals surface area contributed by atoms with Crippen molar-refractivity contribution in [2.75, 3.05) is 5.75 Å². The van der Waals surface area contributed by atoms with Crippen LogP contribution < -0.4 is 11.5 Å². The third kappa shape index (κ3) is 3.00. The van der Waals surface area contributed by atoms with Crippen molar-refractivity contribution in [1.29, 1.82) is 5.26 Å². The summed E-state index contributed by atoms with van der Waals surface area (Å²) in [6.07, 6.45) is 7.03. The second kappa shape index (κ2) is 6.60. The van der Waals surface area contributed by atoms with Crippen LogP contribution in [0.4, 0.5) is 0 Å². The van der Waals surface area contributed by atoms with Gasteiger partial charge in [0.2, 0.25) is 5.91 Å².